The highest BCUT2D eigenvalue weighted by molar-refractivity contribution is 8.04. The number of sulfonamides is 1. The van der Waals surface area contributed by atoms with Crippen molar-refractivity contribution < 1.29 is 26.0 Å². The molecule has 1 aliphatic heterocycles. The van der Waals surface area contributed by atoms with Crippen molar-refractivity contribution in [3.8, 4) is 0 Å². The summed E-state index contributed by atoms with van der Waals surface area (Å²) in [4.78, 5) is 2.80. The highest BCUT2D eigenvalue weighted by Gasteiger charge is 2.29. The molecule has 8 nitrogen and oxygen atoms in total. The van der Waals surface area contributed by atoms with Crippen LogP contribution in [0.25, 0.3) is 27.1 Å². The van der Waals surface area contributed by atoms with Crippen LogP contribution in [-0.2, 0) is 26.7 Å². The van der Waals surface area contributed by atoms with Crippen molar-refractivity contribution in [1.82, 2.24) is 4.72 Å². The largest absolute Gasteiger partial charge is 0.320 e. The van der Waals surface area contributed by atoms with Crippen molar-refractivity contribution in [2.24, 2.45) is 0 Å². The van der Waals surface area contributed by atoms with Crippen molar-refractivity contribution >= 4 is 87.6 Å². The number of aryl methyl sites for hydroxylation is 1. The van der Waals surface area contributed by atoms with E-state index in [0.717, 1.165) is 47.9 Å². The molecule has 37 heavy (non-hydrogen) atoms. The minimum atomic E-state index is -4.09. The quantitative estimate of drug-likeness (QED) is 0.224. The fraction of sp³-hybridized carbons (Fsp3) is 0.208. The monoisotopic (exact) mass is 596 g/mol. The molecule has 0 atom stereocenters. The zero-order valence-corrected chi connectivity index (χ0v) is 23.6. The normalized spacial score (nSPS) is 15.2. The Hall–Kier alpha value is -2.19. The third kappa shape index (κ3) is 5.95. The lowest BCUT2D eigenvalue weighted by atomic mass is 10.1. The fourth-order valence-electron chi connectivity index (χ4n) is 4.24. The van der Waals surface area contributed by atoms with Gasteiger partial charge in [-0.25, -0.2) is 8.42 Å². The van der Waals surface area contributed by atoms with E-state index in [1.807, 2.05) is 47.4 Å². The Morgan fingerprint density at radius 1 is 1.11 bits per heavy atom. The first kappa shape index (κ1) is 26.4. The summed E-state index contributed by atoms with van der Waals surface area (Å²) >= 11 is 9.31. The SMILES string of the molecule is CS(=O)(=O)NCN1/C(=C/c2sc3ccc4ccccc4c3[n+]2CCCS(=O)(=O)O)Sc2ccc(Cl)cc21. The van der Waals surface area contributed by atoms with Crippen molar-refractivity contribution in [2.45, 2.75) is 17.9 Å². The van der Waals surface area contributed by atoms with Crippen LogP contribution in [0.2, 0.25) is 5.02 Å². The molecule has 2 heterocycles. The van der Waals surface area contributed by atoms with Gasteiger partial charge in [0.1, 0.15) is 4.70 Å². The van der Waals surface area contributed by atoms with E-state index in [4.69, 9.17) is 11.6 Å². The average Bonchev–Trinajstić information content (AvgIpc) is 3.34. The molecule has 0 aliphatic carbocycles. The number of aromatic nitrogens is 1. The minimum Gasteiger partial charge on any atom is -0.320 e. The Labute approximate surface area is 228 Å². The maximum Gasteiger partial charge on any atom is 0.265 e. The first-order valence-corrected chi connectivity index (χ1v) is 16.7. The number of benzene rings is 3. The number of fused-ring (bicyclic) bond motifs is 4. The second-order valence-corrected chi connectivity index (χ2v) is 14.5. The zero-order valence-electron chi connectivity index (χ0n) is 19.6. The molecule has 194 valence electrons. The molecule has 5 rings (SSSR count). The third-order valence-corrected chi connectivity index (χ3v) is 9.72. The first-order chi connectivity index (χ1) is 17.5. The molecule has 0 fully saturated rings. The van der Waals surface area contributed by atoms with Gasteiger partial charge in [0.25, 0.3) is 15.1 Å². The third-order valence-electron chi connectivity index (χ3n) is 5.82. The Bertz CT molecular complexity index is 1770. The van der Waals surface area contributed by atoms with Crippen LogP contribution in [0.4, 0.5) is 5.69 Å². The van der Waals surface area contributed by atoms with E-state index in [1.54, 1.807) is 23.5 Å². The van der Waals surface area contributed by atoms with E-state index in [9.17, 15) is 21.4 Å². The molecule has 0 spiro atoms. The van der Waals surface area contributed by atoms with Gasteiger partial charge in [0.05, 0.1) is 40.9 Å². The van der Waals surface area contributed by atoms with E-state index in [-0.39, 0.29) is 18.8 Å². The van der Waals surface area contributed by atoms with Crippen molar-refractivity contribution in [3.63, 3.8) is 0 Å². The molecule has 0 radical (unpaired) electrons. The number of halogens is 1. The smallest absolute Gasteiger partial charge is 0.265 e. The highest BCUT2D eigenvalue weighted by atomic mass is 35.5. The lowest BCUT2D eigenvalue weighted by Gasteiger charge is -2.20. The van der Waals surface area contributed by atoms with Crippen molar-refractivity contribution in [3.05, 3.63) is 69.7 Å². The Morgan fingerprint density at radius 2 is 1.89 bits per heavy atom. The number of hydrogen-bond donors (Lipinski definition) is 2. The van der Waals surface area contributed by atoms with Crippen LogP contribution in [0, 0.1) is 0 Å². The van der Waals surface area contributed by atoms with Gasteiger partial charge in [0.2, 0.25) is 15.5 Å². The van der Waals surface area contributed by atoms with Gasteiger partial charge in [-0.3, -0.25) is 4.55 Å². The summed E-state index contributed by atoms with van der Waals surface area (Å²) in [5.74, 6) is -0.346. The lowest BCUT2D eigenvalue weighted by molar-refractivity contribution is -0.667. The van der Waals surface area contributed by atoms with Gasteiger partial charge in [-0.15, -0.1) is 0 Å². The van der Waals surface area contributed by atoms with Crippen LogP contribution >= 0.6 is 34.7 Å². The number of hydrogen-bond acceptors (Lipinski definition) is 7. The molecule has 0 bridgehead atoms. The van der Waals surface area contributed by atoms with Gasteiger partial charge >= 0.3 is 0 Å². The number of thioether (sulfide) groups is 1. The second-order valence-electron chi connectivity index (χ2n) is 8.56. The number of rotatable bonds is 8. The van der Waals surface area contributed by atoms with Crippen LogP contribution in [0.3, 0.4) is 0 Å². The predicted octanol–water partition coefficient (Wildman–Crippen LogP) is 4.69. The predicted molar refractivity (Wildman–Crippen MR) is 151 cm³/mol. The molecule has 0 saturated heterocycles. The molecule has 0 saturated carbocycles. The molecule has 13 heteroatoms. The standard InChI is InChI=1S/C24H22ClN3O5S4/c1-36(29,30)26-15-28-19-13-17(25)8-10-20(19)34-23(28)14-22-27(11-4-12-37(31,32)33)24-18-6-3-2-5-16(18)7-9-21(24)35-22/h2-3,5-10,13-14,26H,4,11-12,15H2,1H3/p+1. The molecule has 1 aromatic heterocycles. The van der Waals surface area contributed by atoms with Crippen LogP contribution in [0.1, 0.15) is 11.4 Å². The van der Waals surface area contributed by atoms with Gasteiger partial charge in [-0.2, -0.15) is 17.7 Å². The van der Waals surface area contributed by atoms with Gasteiger partial charge < -0.3 is 4.90 Å². The van der Waals surface area contributed by atoms with Crippen LogP contribution < -0.4 is 14.2 Å². The summed E-state index contributed by atoms with van der Waals surface area (Å²) in [6.07, 6.45) is 3.32. The van der Waals surface area contributed by atoms with Crippen LogP contribution in [0.15, 0.2) is 64.5 Å². The summed E-state index contributed by atoms with van der Waals surface area (Å²) in [6, 6.07) is 17.6. The molecule has 3 aromatic carbocycles. The summed E-state index contributed by atoms with van der Waals surface area (Å²) in [6.45, 7) is 0.402. The Kier molecular flexibility index (Phi) is 7.26. The zero-order chi connectivity index (χ0) is 26.4. The number of nitrogens with zero attached hydrogens (tertiary/aromatic N) is 2. The molecule has 0 amide bonds. The average molecular weight is 597 g/mol. The van der Waals surface area contributed by atoms with Crippen LogP contribution in [-0.4, -0.2) is 40.1 Å². The van der Waals surface area contributed by atoms with Crippen molar-refractivity contribution in [1.29, 1.82) is 0 Å². The molecule has 0 unspecified atom stereocenters. The second kappa shape index (κ2) is 10.2. The Balaban J connectivity index is 1.64. The van der Waals surface area contributed by atoms with E-state index >= 15 is 0 Å². The highest BCUT2D eigenvalue weighted by Crippen LogP contribution is 2.47. The molecule has 2 N–H and O–H groups in total. The van der Waals surface area contributed by atoms with E-state index < -0.39 is 20.1 Å². The summed E-state index contributed by atoms with van der Waals surface area (Å²) < 4.78 is 61.5. The number of thiazole rings is 1. The topological polar surface area (TPSA) is 108 Å². The summed E-state index contributed by atoms with van der Waals surface area (Å²) in [5.41, 5.74) is 1.78. The summed E-state index contributed by atoms with van der Waals surface area (Å²) in [7, 11) is -7.54. The van der Waals surface area contributed by atoms with Crippen LogP contribution in [0.5, 0.6) is 0 Å². The van der Waals surface area contributed by atoms with Gasteiger partial charge in [-0.05, 0) is 35.7 Å². The van der Waals surface area contributed by atoms with Gasteiger partial charge in [0, 0.05) is 16.3 Å². The van der Waals surface area contributed by atoms with E-state index in [0.29, 0.717) is 11.6 Å². The molecule has 1 aliphatic rings. The molecular weight excluding hydrogens is 574 g/mol. The minimum absolute atomic E-state index is 0.0294. The number of nitrogens with one attached hydrogen (secondary N) is 1. The maximum absolute atomic E-state index is 11.9. The van der Waals surface area contributed by atoms with E-state index in [1.165, 1.54) is 11.8 Å². The fourth-order valence-corrected chi connectivity index (χ4v) is 7.56. The lowest BCUT2D eigenvalue weighted by Crippen LogP contribution is -2.37. The van der Waals surface area contributed by atoms with Gasteiger partial charge in [-0.1, -0.05) is 59.0 Å². The van der Waals surface area contributed by atoms with Gasteiger partial charge in [0.15, 0.2) is 6.54 Å². The maximum atomic E-state index is 11.9. The summed E-state index contributed by atoms with van der Waals surface area (Å²) in [5, 5.41) is 4.31. The first-order valence-electron chi connectivity index (χ1n) is 11.2. The molecular formula is C24H23ClN3O5S4+. The van der Waals surface area contributed by atoms with Crippen molar-refractivity contribution in [2.75, 3.05) is 23.6 Å². The van der Waals surface area contributed by atoms with E-state index in [2.05, 4.69) is 15.4 Å². The molecule has 4 aromatic rings. The Morgan fingerprint density at radius 3 is 2.65 bits per heavy atom. The number of anilines is 1.